The van der Waals surface area contributed by atoms with E-state index in [2.05, 4.69) is 43.5 Å². The molecule has 1 aromatic carbocycles. The number of aromatic nitrogens is 1. The Morgan fingerprint density at radius 2 is 1.86 bits per heavy atom. The summed E-state index contributed by atoms with van der Waals surface area (Å²) in [5.74, 6) is -0.280. The lowest BCUT2D eigenvalue weighted by atomic mass is 10.1. The van der Waals surface area contributed by atoms with Gasteiger partial charge in [0.05, 0.1) is 12.2 Å². The number of hydrogen-bond acceptors (Lipinski definition) is 2. The predicted octanol–water partition coefficient (Wildman–Crippen LogP) is 4.09. The molecule has 0 aliphatic rings. The molecule has 3 rings (SSSR count). The first-order chi connectivity index (χ1) is 10.2. The van der Waals surface area contributed by atoms with Crippen LogP contribution in [0.5, 0.6) is 0 Å². The highest BCUT2D eigenvalue weighted by atomic mass is 16.5. The highest BCUT2D eigenvalue weighted by Gasteiger charge is 2.08. The third kappa shape index (κ3) is 2.68. The average Bonchev–Trinajstić information content (AvgIpc) is 2.91. The topological polar surface area (TPSA) is 30.7 Å². The molecule has 2 aromatic heterocycles. The van der Waals surface area contributed by atoms with Crippen molar-refractivity contribution in [3.8, 4) is 11.1 Å². The normalized spacial score (nSPS) is 10.8. The number of benzene rings is 1. The molecule has 0 fully saturated rings. The third-order valence-corrected chi connectivity index (χ3v) is 3.49. The summed E-state index contributed by atoms with van der Waals surface area (Å²) < 4.78 is 7.05. The van der Waals surface area contributed by atoms with E-state index in [1.807, 2.05) is 23.6 Å². The Hall–Kier alpha value is -2.55. The van der Waals surface area contributed by atoms with Gasteiger partial charge in [-0.2, -0.15) is 0 Å². The van der Waals surface area contributed by atoms with Gasteiger partial charge in [-0.1, -0.05) is 29.8 Å². The lowest BCUT2D eigenvalue weighted by Gasteiger charge is -2.02. The molecule has 3 aromatic rings. The second-order valence-corrected chi connectivity index (χ2v) is 5.06. The first kappa shape index (κ1) is 13.4. The maximum atomic E-state index is 11.8. The third-order valence-electron chi connectivity index (χ3n) is 3.49. The highest BCUT2D eigenvalue weighted by molar-refractivity contribution is 5.91. The molecule has 0 amide bonds. The largest absolute Gasteiger partial charge is 0.462 e. The van der Waals surface area contributed by atoms with E-state index in [0.717, 1.165) is 11.1 Å². The number of ether oxygens (including phenoxy) is 1. The molecule has 0 saturated heterocycles. The van der Waals surface area contributed by atoms with E-state index >= 15 is 0 Å². The van der Waals surface area contributed by atoms with E-state index in [4.69, 9.17) is 4.74 Å². The zero-order chi connectivity index (χ0) is 14.8. The minimum absolute atomic E-state index is 0.280. The van der Waals surface area contributed by atoms with Crippen molar-refractivity contribution in [1.29, 1.82) is 0 Å². The van der Waals surface area contributed by atoms with Crippen LogP contribution in [0.4, 0.5) is 0 Å². The molecule has 3 nitrogen and oxygen atoms in total. The van der Waals surface area contributed by atoms with E-state index in [1.165, 1.54) is 11.1 Å². The molecule has 0 spiro atoms. The smallest absolute Gasteiger partial charge is 0.338 e. The molecule has 21 heavy (non-hydrogen) atoms. The highest BCUT2D eigenvalue weighted by Crippen LogP contribution is 2.23. The molecule has 0 N–H and O–H groups in total. The summed E-state index contributed by atoms with van der Waals surface area (Å²) in [5, 5.41) is 0. The quantitative estimate of drug-likeness (QED) is 0.676. The molecule has 0 saturated carbocycles. The molecule has 0 aliphatic carbocycles. The van der Waals surface area contributed by atoms with Crippen LogP contribution in [0.25, 0.3) is 16.6 Å². The van der Waals surface area contributed by atoms with Crippen molar-refractivity contribution in [1.82, 2.24) is 4.40 Å². The van der Waals surface area contributed by atoms with Gasteiger partial charge in [-0.15, -0.1) is 0 Å². The number of fused-ring (bicyclic) bond motifs is 1. The van der Waals surface area contributed by atoms with Gasteiger partial charge in [-0.25, -0.2) is 4.79 Å². The molecule has 3 heteroatoms. The summed E-state index contributed by atoms with van der Waals surface area (Å²) in [6.07, 6.45) is 3.95. The van der Waals surface area contributed by atoms with Crippen molar-refractivity contribution in [2.75, 3.05) is 6.61 Å². The second kappa shape index (κ2) is 5.44. The lowest BCUT2D eigenvalue weighted by Crippen LogP contribution is -2.04. The van der Waals surface area contributed by atoms with Gasteiger partial charge in [0.15, 0.2) is 0 Å². The van der Waals surface area contributed by atoms with Gasteiger partial charge < -0.3 is 9.14 Å². The van der Waals surface area contributed by atoms with Crippen molar-refractivity contribution in [2.24, 2.45) is 0 Å². The van der Waals surface area contributed by atoms with Crippen LogP contribution in [0.15, 0.2) is 54.9 Å². The fourth-order valence-corrected chi connectivity index (χ4v) is 2.35. The summed E-state index contributed by atoms with van der Waals surface area (Å²) in [5.41, 5.74) is 5.11. The summed E-state index contributed by atoms with van der Waals surface area (Å²) in [6.45, 7) is 4.27. The Kier molecular flexibility index (Phi) is 3.48. The summed E-state index contributed by atoms with van der Waals surface area (Å²) in [6, 6.07) is 14.1. The van der Waals surface area contributed by atoms with E-state index in [9.17, 15) is 4.79 Å². The zero-order valence-electron chi connectivity index (χ0n) is 12.2. The van der Waals surface area contributed by atoms with Crippen molar-refractivity contribution in [2.45, 2.75) is 13.8 Å². The Labute approximate surface area is 123 Å². The molecular weight excluding hydrogens is 262 g/mol. The molecule has 106 valence electrons. The molecule has 0 radical (unpaired) electrons. The van der Waals surface area contributed by atoms with Crippen LogP contribution in [0.3, 0.4) is 0 Å². The lowest BCUT2D eigenvalue weighted by molar-refractivity contribution is 0.0526. The Morgan fingerprint density at radius 1 is 1.10 bits per heavy atom. The minimum atomic E-state index is -0.280. The second-order valence-electron chi connectivity index (χ2n) is 5.06. The van der Waals surface area contributed by atoms with Gasteiger partial charge in [-0.05, 0) is 37.6 Å². The van der Waals surface area contributed by atoms with Crippen LogP contribution in [0.2, 0.25) is 0 Å². The van der Waals surface area contributed by atoms with Crippen LogP contribution in [0.1, 0.15) is 22.8 Å². The number of carbonyl (C=O) groups excluding carboxylic acids is 1. The average molecular weight is 279 g/mol. The summed E-state index contributed by atoms with van der Waals surface area (Å²) >= 11 is 0. The first-order valence-electron chi connectivity index (χ1n) is 7.03. The number of rotatable bonds is 3. The van der Waals surface area contributed by atoms with E-state index in [1.54, 1.807) is 6.07 Å². The van der Waals surface area contributed by atoms with Gasteiger partial charge in [-0.3, -0.25) is 0 Å². The van der Waals surface area contributed by atoms with Crippen LogP contribution >= 0.6 is 0 Å². The van der Waals surface area contributed by atoms with Crippen LogP contribution in [-0.4, -0.2) is 17.0 Å². The van der Waals surface area contributed by atoms with Gasteiger partial charge in [0.1, 0.15) is 0 Å². The molecule has 2 heterocycles. The number of aryl methyl sites for hydroxylation is 1. The Balaban J connectivity index is 2.00. The van der Waals surface area contributed by atoms with E-state index in [-0.39, 0.29) is 5.97 Å². The van der Waals surface area contributed by atoms with Crippen molar-refractivity contribution in [3.63, 3.8) is 0 Å². The molecule has 0 aliphatic heterocycles. The van der Waals surface area contributed by atoms with Gasteiger partial charge in [0.2, 0.25) is 0 Å². The molecule has 0 bridgehead atoms. The van der Waals surface area contributed by atoms with Crippen molar-refractivity contribution < 1.29 is 9.53 Å². The Morgan fingerprint density at radius 3 is 2.57 bits per heavy atom. The number of nitrogens with zero attached hydrogens (tertiary/aromatic N) is 1. The first-order valence-corrected chi connectivity index (χ1v) is 7.03. The Bertz CT molecular complexity index is 785. The van der Waals surface area contributed by atoms with E-state index < -0.39 is 0 Å². The van der Waals surface area contributed by atoms with Crippen LogP contribution in [-0.2, 0) is 4.74 Å². The number of pyridine rings is 1. The number of esters is 1. The minimum Gasteiger partial charge on any atom is -0.462 e. The van der Waals surface area contributed by atoms with Gasteiger partial charge >= 0.3 is 5.97 Å². The number of carbonyl (C=O) groups is 1. The van der Waals surface area contributed by atoms with Crippen molar-refractivity contribution >= 4 is 11.5 Å². The standard InChI is InChI=1S/C18H17NO2/c1-3-21-18(20)15-8-9-19-12-16(11-17(19)10-15)14-6-4-13(2)5-7-14/h4-12H,3H2,1-2H3. The van der Waals surface area contributed by atoms with Crippen molar-refractivity contribution in [3.05, 3.63) is 66.0 Å². The maximum Gasteiger partial charge on any atom is 0.338 e. The van der Waals surface area contributed by atoms with Gasteiger partial charge in [0, 0.05) is 23.5 Å². The SMILES string of the molecule is CCOC(=O)c1ccn2cc(-c3ccc(C)cc3)cc2c1. The summed E-state index contributed by atoms with van der Waals surface area (Å²) in [7, 11) is 0. The van der Waals surface area contributed by atoms with Crippen LogP contribution < -0.4 is 0 Å². The molecule has 0 atom stereocenters. The fraction of sp³-hybridized carbons (Fsp3) is 0.167. The van der Waals surface area contributed by atoms with Gasteiger partial charge in [0.25, 0.3) is 0 Å². The number of hydrogen-bond donors (Lipinski definition) is 0. The monoisotopic (exact) mass is 279 g/mol. The van der Waals surface area contributed by atoms with E-state index in [0.29, 0.717) is 12.2 Å². The molecular formula is C18H17NO2. The molecule has 0 unspecified atom stereocenters. The maximum absolute atomic E-state index is 11.8. The zero-order valence-corrected chi connectivity index (χ0v) is 12.2. The summed E-state index contributed by atoms with van der Waals surface area (Å²) in [4.78, 5) is 11.8. The fourth-order valence-electron chi connectivity index (χ4n) is 2.35. The predicted molar refractivity (Wildman–Crippen MR) is 83.5 cm³/mol. The van der Waals surface area contributed by atoms with Crippen LogP contribution in [0, 0.1) is 6.92 Å².